The lowest BCUT2D eigenvalue weighted by Gasteiger charge is -2.22. The summed E-state index contributed by atoms with van der Waals surface area (Å²) < 4.78 is 0. The fourth-order valence-corrected chi connectivity index (χ4v) is 2.83. The van der Waals surface area contributed by atoms with Gasteiger partial charge in [0.15, 0.2) is 0 Å². The predicted octanol–water partition coefficient (Wildman–Crippen LogP) is 6.04. The van der Waals surface area contributed by atoms with Crippen molar-refractivity contribution in [3.63, 3.8) is 0 Å². The Morgan fingerprint density at radius 2 is 1.68 bits per heavy atom. The minimum atomic E-state index is -0.0673. The largest absolute Gasteiger partial charge is 0.508 e. The molecule has 0 unspecified atom stereocenters. The average molecular weight is 296 g/mol. The molecule has 0 aliphatic rings. The Hall–Kier alpha value is -1.76. The van der Waals surface area contributed by atoms with Gasteiger partial charge in [-0.2, -0.15) is 0 Å². The lowest BCUT2D eigenvalue weighted by atomic mass is 9.83. The second kappa shape index (κ2) is 6.16. The maximum absolute atomic E-state index is 10.2. The van der Waals surface area contributed by atoms with Gasteiger partial charge in [-0.25, -0.2) is 0 Å². The summed E-state index contributed by atoms with van der Waals surface area (Å²) in [7, 11) is 0. The topological polar surface area (TPSA) is 20.2 Å². The van der Waals surface area contributed by atoms with Gasteiger partial charge in [0.05, 0.1) is 0 Å². The molecule has 1 heteroatoms. The summed E-state index contributed by atoms with van der Waals surface area (Å²) in [5.41, 5.74) is 6.14. The van der Waals surface area contributed by atoms with Crippen LogP contribution in [0.15, 0.2) is 36.4 Å². The van der Waals surface area contributed by atoms with Gasteiger partial charge in [-0.3, -0.25) is 0 Å². The van der Waals surface area contributed by atoms with Gasteiger partial charge in [0.25, 0.3) is 0 Å². The monoisotopic (exact) mass is 296 g/mol. The van der Waals surface area contributed by atoms with Gasteiger partial charge in [-0.15, -0.1) is 0 Å². The van der Waals surface area contributed by atoms with E-state index in [0.717, 1.165) is 12.0 Å². The van der Waals surface area contributed by atoms with Crippen molar-refractivity contribution in [1.29, 1.82) is 0 Å². The van der Waals surface area contributed by atoms with E-state index in [4.69, 9.17) is 0 Å². The molecule has 0 aromatic heterocycles. The van der Waals surface area contributed by atoms with Gasteiger partial charge < -0.3 is 5.11 Å². The normalized spacial score (nSPS) is 12.0. The van der Waals surface area contributed by atoms with Gasteiger partial charge in [0.1, 0.15) is 5.75 Å². The Bertz CT molecular complexity index is 660. The highest BCUT2D eigenvalue weighted by molar-refractivity contribution is 5.70. The standard InChI is InChI=1S/C21H28O/c1-7-15-8-9-16(14(2)3)12-18(15)17-10-11-20(22)19(13-17)21(4,5)6/h8-14,22H,7H2,1-6H3. The number of rotatable bonds is 3. The maximum atomic E-state index is 10.2. The third-order valence-corrected chi connectivity index (χ3v) is 4.30. The third-order valence-electron chi connectivity index (χ3n) is 4.30. The molecule has 1 nitrogen and oxygen atoms in total. The van der Waals surface area contributed by atoms with Crippen molar-refractivity contribution in [3.8, 4) is 16.9 Å². The molecule has 2 aromatic rings. The number of benzene rings is 2. The molecule has 0 bridgehead atoms. The summed E-state index contributed by atoms with van der Waals surface area (Å²) >= 11 is 0. The Labute approximate surface area is 135 Å². The molecule has 118 valence electrons. The molecule has 0 aliphatic carbocycles. The summed E-state index contributed by atoms with van der Waals surface area (Å²) in [6.45, 7) is 13.1. The molecule has 0 saturated heterocycles. The number of aryl methyl sites for hydroxylation is 1. The molecular formula is C21H28O. The summed E-state index contributed by atoms with van der Waals surface area (Å²) in [5.74, 6) is 0.901. The molecule has 0 saturated carbocycles. The van der Waals surface area contributed by atoms with Gasteiger partial charge in [-0.05, 0) is 57.7 Å². The van der Waals surface area contributed by atoms with Crippen LogP contribution >= 0.6 is 0 Å². The molecule has 2 aromatic carbocycles. The van der Waals surface area contributed by atoms with Gasteiger partial charge in [0.2, 0.25) is 0 Å². The Balaban J connectivity index is 2.63. The first-order valence-corrected chi connectivity index (χ1v) is 8.20. The Morgan fingerprint density at radius 3 is 2.23 bits per heavy atom. The van der Waals surface area contributed by atoms with Crippen molar-refractivity contribution in [3.05, 3.63) is 53.1 Å². The van der Waals surface area contributed by atoms with Crippen molar-refractivity contribution < 1.29 is 5.11 Å². The smallest absolute Gasteiger partial charge is 0.119 e. The molecule has 1 N–H and O–H groups in total. The molecule has 0 atom stereocenters. The predicted molar refractivity (Wildman–Crippen MR) is 95.7 cm³/mol. The number of aromatic hydroxyl groups is 1. The first-order chi connectivity index (χ1) is 10.2. The summed E-state index contributed by atoms with van der Waals surface area (Å²) in [4.78, 5) is 0. The van der Waals surface area contributed by atoms with Crippen molar-refractivity contribution in [2.45, 2.75) is 59.3 Å². The molecule has 0 radical (unpaired) electrons. The van der Waals surface area contributed by atoms with E-state index in [0.29, 0.717) is 11.7 Å². The molecule has 0 fully saturated rings. The minimum absolute atomic E-state index is 0.0673. The van der Waals surface area contributed by atoms with E-state index in [1.807, 2.05) is 12.1 Å². The number of hydrogen-bond acceptors (Lipinski definition) is 1. The van der Waals surface area contributed by atoms with Gasteiger partial charge in [-0.1, -0.05) is 65.8 Å². The lowest BCUT2D eigenvalue weighted by Crippen LogP contribution is -2.11. The minimum Gasteiger partial charge on any atom is -0.508 e. The fraction of sp³-hybridized carbons (Fsp3) is 0.429. The van der Waals surface area contributed by atoms with E-state index in [1.54, 1.807) is 0 Å². The van der Waals surface area contributed by atoms with E-state index in [2.05, 4.69) is 65.8 Å². The van der Waals surface area contributed by atoms with Gasteiger partial charge in [0, 0.05) is 0 Å². The van der Waals surface area contributed by atoms with Crippen molar-refractivity contribution in [2.75, 3.05) is 0 Å². The molecular weight excluding hydrogens is 268 g/mol. The van der Waals surface area contributed by atoms with Crippen LogP contribution in [0.2, 0.25) is 0 Å². The molecule has 2 rings (SSSR count). The van der Waals surface area contributed by atoms with Crippen molar-refractivity contribution in [2.24, 2.45) is 0 Å². The van der Waals surface area contributed by atoms with Gasteiger partial charge >= 0.3 is 0 Å². The zero-order valence-corrected chi connectivity index (χ0v) is 14.7. The third kappa shape index (κ3) is 3.35. The fourth-order valence-electron chi connectivity index (χ4n) is 2.83. The molecule has 22 heavy (non-hydrogen) atoms. The van der Waals surface area contributed by atoms with E-state index < -0.39 is 0 Å². The molecule has 0 spiro atoms. The zero-order chi connectivity index (χ0) is 16.5. The maximum Gasteiger partial charge on any atom is 0.119 e. The van der Waals surface area contributed by atoms with Crippen LogP contribution in [0.4, 0.5) is 0 Å². The van der Waals surface area contributed by atoms with E-state index in [9.17, 15) is 5.11 Å². The van der Waals surface area contributed by atoms with Crippen LogP contribution in [0.25, 0.3) is 11.1 Å². The summed E-state index contributed by atoms with van der Waals surface area (Å²) in [6.07, 6.45) is 1.01. The van der Waals surface area contributed by atoms with Crippen LogP contribution in [0, 0.1) is 0 Å². The van der Waals surface area contributed by atoms with Crippen LogP contribution in [-0.4, -0.2) is 5.11 Å². The quantitative estimate of drug-likeness (QED) is 0.731. The first kappa shape index (κ1) is 16.6. The van der Waals surface area contributed by atoms with Crippen molar-refractivity contribution in [1.82, 2.24) is 0 Å². The lowest BCUT2D eigenvalue weighted by molar-refractivity contribution is 0.447. The van der Waals surface area contributed by atoms with E-state index in [-0.39, 0.29) is 5.41 Å². The van der Waals surface area contributed by atoms with Crippen LogP contribution < -0.4 is 0 Å². The summed E-state index contributed by atoms with van der Waals surface area (Å²) in [6, 6.07) is 12.8. The Morgan fingerprint density at radius 1 is 1.00 bits per heavy atom. The second-order valence-corrected chi connectivity index (χ2v) is 7.41. The number of phenolic OH excluding ortho intramolecular Hbond substituents is 1. The number of phenols is 1. The highest BCUT2D eigenvalue weighted by atomic mass is 16.3. The van der Waals surface area contributed by atoms with Crippen molar-refractivity contribution >= 4 is 0 Å². The Kier molecular flexibility index (Phi) is 4.65. The van der Waals surface area contributed by atoms with Crippen LogP contribution in [0.5, 0.6) is 5.75 Å². The number of hydrogen-bond donors (Lipinski definition) is 1. The van der Waals surface area contributed by atoms with Crippen LogP contribution in [0.1, 0.15) is 64.2 Å². The average Bonchev–Trinajstić information content (AvgIpc) is 2.45. The summed E-state index contributed by atoms with van der Waals surface area (Å²) in [5, 5.41) is 10.2. The highest BCUT2D eigenvalue weighted by Gasteiger charge is 2.19. The second-order valence-electron chi connectivity index (χ2n) is 7.41. The molecule has 0 heterocycles. The van der Waals surface area contributed by atoms with Crippen LogP contribution in [-0.2, 0) is 11.8 Å². The van der Waals surface area contributed by atoms with Crippen LogP contribution in [0.3, 0.4) is 0 Å². The van der Waals surface area contributed by atoms with E-state index >= 15 is 0 Å². The highest BCUT2D eigenvalue weighted by Crippen LogP contribution is 2.36. The first-order valence-electron chi connectivity index (χ1n) is 8.20. The SMILES string of the molecule is CCc1ccc(C(C)C)cc1-c1ccc(O)c(C(C)(C)C)c1. The molecule has 0 amide bonds. The molecule has 0 aliphatic heterocycles. The zero-order valence-electron chi connectivity index (χ0n) is 14.7. The van der Waals surface area contributed by atoms with E-state index in [1.165, 1.54) is 22.3 Å².